The van der Waals surface area contributed by atoms with Gasteiger partial charge in [0.05, 0.1) is 11.3 Å². The van der Waals surface area contributed by atoms with Crippen molar-refractivity contribution in [2.24, 2.45) is 0 Å². The van der Waals surface area contributed by atoms with Crippen LogP contribution in [-0.2, 0) is 14.8 Å². The average molecular weight is 372 g/mol. The first-order valence-electron chi connectivity index (χ1n) is 7.74. The lowest BCUT2D eigenvalue weighted by molar-refractivity contribution is -0.116. The average Bonchev–Trinajstić information content (AvgIpc) is 2.82. The number of fused-ring (bicyclic) bond motifs is 1. The molecule has 7 nitrogen and oxygen atoms in total. The lowest BCUT2D eigenvalue weighted by Crippen LogP contribution is -2.37. The number of carbonyl (C=O) groups excluding carboxylic acids is 2. The Labute approximate surface area is 150 Å². The number of rotatable bonds is 6. The molecule has 0 saturated heterocycles. The predicted molar refractivity (Wildman–Crippen MR) is 95.4 cm³/mol. The quantitative estimate of drug-likeness (QED) is 0.784. The summed E-state index contributed by atoms with van der Waals surface area (Å²) in [5.74, 6) is -0.948. The van der Waals surface area contributed by atoms with Gasteiger partial charge in [0.2, 0.25) is 5.91 Å². The molecule has 2 aromatic carbocycles. The van der Waals surface area contributed by atoms with Crippen LogP contribution < -0.4 is 10.1 Å². The highest BCUT2D eigenvalue weighted by Crippen LogP contribution is 2.30. The van der Waals surface area contributed by atoms with Crippen molar-refractivity contribution in [2.75, 3.05) is 18.5 Å². The SMILES string of the molecule is C=CCOc1ccccc1NC(=O)CN1C(=O)c2ccccc2S1(=O)=O. The Bertz CT molecular complexity index is 985. The number of nitrogens with zero attached hydrogens (tertiary/aromatic N) is 1. The van der Waals surface area contributed by atoms with Gasteiger partial charge < -0.3 is 10.1 Å². The summed E-state index contributed by atoms with van der Waals surface area (Å²) in [6.07, 6.45) is 1.56. The molecule has 3 rings (SSSR count). The van der Waals surface area contributed by atoms with Crippen LogP contribution in [0.3, 0.4) is 0 Å². The van der Waals surface area contributed by atoms with Gasteiger partial charge >= 0.3 is 0 Å². The van der Waals surface area contributed by atoms with Gasteiger partial charge in [0.15, 0.2) is 0 Å². The maximum absolute atomic E-state index is 12.5. The largest absolute Gasteiger partial charge is 0.487 e. The van der Waals surface area contributed by atoms with Gasteiger partial charge in [0.25, 0.3) is 15.9 Å². The van der Waals surface area contributed by atoms with Gasteiger partial charge in [-0.1, -0.05) is 36.9 Å². The van der Waals surface area contributed by atoms with Crippen molar-refractivity contribution < 1.29 is 22.7 Å². The molecule has 0 spiro atoms. The first-order chi connectivity index (χ1) is 12.4. The molecule has 26 heavy (non-hydrogen) atoms. The van der Waals surface area contributed by atoms with E-state index in [9.17, 15) is 18.0 Å². The van der Waals surface area contributed by atoms with Gasteiger partial charge in [0.1, 0.15) is 23.8 Å². The lowest BCUT2D eigenvalue weighted by Gasteiger charge is -2.16. The standard InChI is InChI=1S/C18H16N2O5S/c1-2-11-25-15-9-5-4-8-14(15)19-17(21)12-20-18(22)13-7-3-6-10-16(13)26(20,23)24/h2-10H,1,11-12H2,(H,19,21). The van der Waals surface area contributed by atoms with Gasteiger partial charge in [-0.3, -0.25) is 9.59 Å². The fourth-order valence-electron chi connectivity index (χ4n) is 2.55. The first kappa shape index (κ1) is 17.7. The molecule has 134 valence electrons. The van der Waals surface area contributed by atoms with Crippen molar-refractivity contribution in [3.63, 3.8) is 0 Å². The van der Waals surface area contributed by atoms with Crippen LogP contribution in [0.2, 0.25) is 0 Å². The minimum atomic E-state index is -4.03. The predicted octanol–water partition coefficient (Wildman–Crippen LogP) is 2.03. The molecule has 1 heterocycles. The molecule has 0 radical (unpaired) electrons. The monoisotopic (exact) mass is 372 g/mol. The summed E-state index contributed by atoms with van der Waals surface area (Å²) in [6.45, 7) is 3.19. The summed E-state index contributed by atoms with van der Waals surface area (Å²) < 4.78 is 31.0. The Hall–Kier alpha value is -3.13. The highest BCUT2D eigenvalue weighted by molar-refractivity contribution is 7.90. The van der Waals surface area contributed by atoms with Gasteiger partial charge in [-0.25, -0.2) is 12.7 Å². The third kappa shape index (κ3) is 3.18. The zero-order valence-corrected chi connectivity index (χ0v) is 14.5. The zero-order valence-electron chi connectivity index (χ0n) is 13.7. The van der Waals surface area contributed by atoms with E-state index in [0.29, 0.717) is 15.7 Å². The van der Waals surface area contributed by atoms with Crippen molar-refractivity contribution in [3.05, 3.63) is 66.7 Å². The molecule has 0 saturated carbocycles. The molecule has 1 aliphatic heterocycles. The Morgan fingerprint density at radius 3 is 2.58 bits per heavy atom. The van der Waals surface area contributed by atoms with Crippen molar-refractivity contribution in [1.29, 1.82) is 0 Å². The number of ether oxygens (including phenoxy) is 1. The van der Waals surface area contributed by atoms with E-state index in [2.05, 4.69) is 11.9 Å². The van der Waals surface area contributed by atoms with Crippen LogP contribution in [0.5, 0.6) is 5.75 Å². The van der Waals surface area contributed by atoms with Crippen LogP contribution in [0.15, 0.2) is 66.1 Å². The maximum atomic E-state index is 12.5. The zero-order chi connectivity index (χ0) is 18.7. The number of amides is 2. The number of carbonyl (C=O) groups is 2. The molecule has 1 aliphatic rings. The number of para-hydroxylation sites is 2. The number of benzene rings is 2. The Morgan fingerprint density at radius 1 is 1.15 bits per heavy atom. The van der Waals surface area contributed by atoms with Gasteiger partial charge in [0, 0.05) is 0 Å². The van der Waals surface area contributed by atoms with E-state index in [1.54, 1.807) is 36.4 Å². The van der Waals surface area contributed by atoms with E-state index in [0.717, 1.165) is 0 Å². The summed E-state index contributed by atoms with van der Waals surface area (Å²) in [7, 11) is -4.03. The van der Waals surface area contributed by atoms with E-state index in [1.807, 2.05) is 0 Å². The highest BCUT2D eigenvalue weighted by Gasteiger charge is 2.41. The van der Waals surface area contributed by atoms with E-state index < -0.39 is 28.4 Å². The second-order valence-electron chi connectivity index (χ2n) is 5.46. The topological polar surface area (TPSA) is 92.8 Å². The van der Waals surface area contributed by atoms with Gasteiger partial charge in [-0.05, 0) is 24.3 Å². The maximum Gasteiger partial charge on any atom is 0.269 e. The van der Waals surface area contributed by atoms with E-state index in [1.165, 1.54) is 18.2 Å². The van der Waals surface area contributed by atoms with Gasteiger partial charge in [-0.2, -0.15) is 0 Å². The summed E-state index contributed by atoms with van der Waals surface area (Å²) in [6, 6.07) is 12.6. The molecule has 0 atom stereocenters. The van der Waals surface area contributed by atoms with Crippen molar-refractivity contribution in [3.8, 4) is 5.75 Å². The minimum Gasteiger partial charge on any atom is -0.487 e. The Morgan fingerprint density at radius 2 is 1.85 bits per heavy atom. The normalized spacial score (nSPS) is 14.6. The summed E-state index contributed by atoms with van der Waals surface area (Å²) >= 11 is 0. The number of sulfonamides is 1. The number of nitrogens with one attached hydrogen (secondary N) is 1. The molecule has 0 fully saturated rings. The number of hydrogen-bond donors (Lipinski definition) is 1. The second kappa shape index (κ2) is 7.01. The molecule has 2 aromatic rings. The summed E-state index contributed by atoms with van der Waals surface area (Å²) in [5.41, 5.74) is 0.441. The summed E-state index contributed by atoms with van der Waals surface area (Å²) in [4.78, 5) is 24.6. The van der Waals surface area contributed by atoms with Crippen LogP contribution in [-0.4, -0.2) is 37.7 Å². The van der Waals surface area contributed by atoms with Crippen molar-refractivity contribution >= 4 is 27.5 Å². The third-order valence-corrected chi connectivity index (χ3v) is 5.50. The lowest BCUT2D eigenvalue weighted by atomic mass is 10.2. The number of anilines is 1. The molecule has 1 N–H and O–H groups in total. The molecular formula is C18H16N2O5S. The highest BCUT2D eigenvalue weighted by atomic mass is 32.2. The van der Waals surface area contributed by atoms with Gasteiger partial charge in [-0.15, -0.1) is 0 Å². The Balaban J connectivity index is 1.78. The smallest absolute Gasteiger partial charge is 0.269 e. The molecule has 0 bridgehead atoms. The van der Waals surface area contributed by atoms with E-state index in [4.69, 9.17) is 4.74 Å². The Kier molecular flexibility index (Phi) is 4.77. The fourth-order valence-corrected chi connectivity index (χ4v) is 4.08. The fraction of sp³-hybridized carbons (Fsp3) is 0.111. The molecule has 2 amide bonds. The van der Waals surface area contributed by atoms with Crippen molar-refractivity contribution in [2.45, 2.75) is 4.90 Å². The van der Waals surface area contributed by atoms with Crippen LogP contribution in [0.4, 0.5) is 5.69 Å². The van der Waals surface area contributed by atoms with Crippen molar-refractivity contribution in [1.82, 2.24) is 4.31 Å². The molecule has 8 heteroatoms. The van der Waals surface area contributed by atoms with E-state index in [-0.39, 0.29) is 17.1 Å². The van der Waals surface area contributed by atoms with Crippen LogP contribution in [0, 0.1) is 0 Å². The number of hydrogen-bond acceptors (Lipinski definition) is 5. The summed E-state index contributed by atoms with van der Waals surface area (Å²) in [5, 5.41) is 2.57. The minimum absolute atomic E-state index is 0.0648. The first-order valence-corrected chi connectivity index (χ1v) is 9.18. The van der Waals surface area contributed by atoms with Crippen LogP contribution >= 0.6 is 0 Å². The van der Waals surface area contributed by atoms with E-state index >= 15 is 0 Å². The van der Waals surface area contributed by atoms with Crippen LogP contribution in [0.25, 0.3) is 0 Å². The molecule has 0 aliphatic carbocycles. The third-order valence-electron chi connectivity index (χ3n) is 3.72. The molecular weight excluding hydrogens is 356 g/mol. The second-order valence-corrected chi connectivity index (χ2v) is 7.29. The molecule has 0 unspecified atom stereocenters. The van der Waals surface area contributed by atoms with Crippen LogP contribution in [0.1, 0.15) is 10.4 Å². The molecule has 0 aromatic heterocycles.